The number of aromatic nitrogens is 1. The van der Waals surface area contributed by atoms with Crippen LogP contribution in [0.4, 0.5) is 0 Å². The number of likely N-dealkylation sites (tertiary alicyclic amines) is 1. The van der Waals surface area contributed by atoms with Gasteiger partial charge in [-0.25, -0.2) is 4.98 Å². The number of piperidine rings is 1. The topological polar surface area (TPSA) is 41.3 Å². The molecule has 0 aromatic carbocycles. The zero-order valence-electron chi connectivity index (χ0n) is 10.4. The van der Waals surface area contributed by atoms with Crippen LogP contribution >= 0.6 is 0 Å². The molecule has 16 heavy (non-hydrogen) atoms. The van der Waals surface area contributed by atoms with Crippen molar-refractivity contribution in [2.24, 2.45) is 0 Å². The van der Waals surface area contributed by atoms with Crippen molar-refractivity contribution in [1.82, 2.24) is 15.2 Å². The van der Waals surface area contributed by atoms with Crippen LogP contribution in [0.1, 0.15) is 37.5 Å². The Morgan fingerprint density at radius 1 is 1.62 bits per heavy atom. The van der Waals surface area contributed by atoms with Gasteiger partial charge in [0.2, 0.25) is 5.89 Å². The summed E-state index contributed by atoms with van der Waals surface area (Å²) in [4.78, 5) is 6.63. The van der Waals surface area contributed by atoms with Gasteiger partial charge in [0, 0.05) is 12.6 Å². The normalized spacial score (nSPS) is 24.6. The average Bonchev–Trinajstić information content (AvgIpc) is 2.65. The van der Waals surface area contributed by atoms with Crippen molar-refractivity contribution in [3.63, 3.8) is 0 Å². The van der Waals surface area contributed by atoms with E-state index in [1.165, 1.54) is 19.4 Å². The lowest BCUT2D eigenvalue weighted by atomic mass is 10.1. The summed E-state index contributed by atoms with van der Waals surface area (Å²) in [7, 11) is 2.17. The van der Waals surface area contributed by atoms with Crippen LogP contribution in [0.2, 0.25) is 0 Å². The van der Waals surface area contributed by atoms with Gasteiger partial charge in [0.25, 0.3) is 0 Å². The standard InChI is InChI=1S/C12H21N3O/c1-9-7-13-12(16-9)10(2)14-11-5-4-6-15(3)8-11/h7,10-11,14H,4-6,8H2,1-3H3. The molecule has 1 N–H and O–H groups in total. The number of likely N-dealkylation sites (N-methyl/N-ethyl adjacent to an activating group) is 1. The minimum absolute atomic E-state index is 0.199. The lowest BCUT2D eigenvalue weighted by molar-refractivity contribution is 0.212. The fraction of sp³-hybridized carbons (Fsp3) is 0.750. The van der Waals surface area contributed by atoms with Gasteiger partial charge in [0.1, 0.15) is 5.76 Å². The van der Waals surface area contributed by atoms with E-state index in [0.717, 1.165) is 18.2 Å². The maximum atomic E-state index is 5.53. The van der Waals surface area contributed by atoms with Gasteiger partial charge in [-0.2, -0.15) is 0 Å². The molecule has 0 radical (unpaired) electrons. The van der Waals surface area contributed by atoms with Crippen LogP contribution in [0.5, 0.6) is 0 Å². The third-order valence-corrected chi connectivity index (χ3v) is 3.12. The minimum Gasteiger partial charge on any atom is -0.444 e. The van der Waals surface area contributed by atoms with Crippen LogP contribution in [0.15, 0.2) is 10.6 Å². The van der Waals surface area contributed by atoms with Gasteiger partial charge in [0.05, 0.1) is 12.2 Å². The molecule has 1 saturated heterocycles. The monoisotopic (exact) mass is 223 g/mol. The van der Waals surface area contributed by atoms with Crippen molar-refractivity contribution in [2.75, 3.05) is 20.1 Å². The van der Waals surface area contributed by atoms with Crippen molar-refractivity contribution >= 4 is 0 Å². The van der Waals surface area contributed by atoms with Crippen LogP contribution in [-0.2, 0) is 0 Å². The van der Waals surface area contributed by atoms with E-state index in [2.05, 4.69) is 29.2 Å². The first-order valence-electron chi connectivity index (χ1n) is 6.02. The molecule has 4 heteroatoms. The van der Waals surface area contributed by atoms with Crippen LogP contribution < -0.4 is 5.32 Å². The molecule has 1 aliphatic rings. The summed E-state index contributed by atoms with van der Waals surface area (Å²) in [5, 5.41) is 3.58. The van der Waals surface area contributed by atoms with Gasteiger partial charge in [-0.05, 0) is 40.3 Å². The molecule has 2 unspecified atom stereocenters. The fourth-order valence-electron chi connectivity index (χ4n) is 2.30. The van der Waals surface area contributed by atoms with Crippen LogP contribution in [0.3, 0.4) is 0 Å². The minimum atomic E-state index is 0.199. The summed E-state index contributed by atoms with van der Waals surface area (Å²) in [6.07, 6.45) is 4.29. The highest BCUT2D eigenvalue weighted by Gasteiger charge is 2.20. The van der Waals surface area contributed by atoms with Crippen LogP contribution in [0.25, 0.3) is 0 Å². The van der Waals surface area contributed by atoms with E-state index in [-0.39, 0.29) is 6.04 Å². The van der Waals surface area contributed by atoms with E-state index in [1.807, 2.05) is 6.92 Å². The molecular formula is C12H21N3O. The number of nitrogens with one attached hydrogen (secondary N) is 1. The average molecular weight is 223 g/mol. The Morgan fingerprint density at radius 3 is 3.06 bits per heavy atom. The molecular weight excluding hydrogens is 202 g/mol. The summed E-state index contributed by atoms with van der Waals surface area (Å²) in [6.45, 7) is 6.37. The molecule has 1 aromatic heterocycles. The third kappa shape index (κ3) is 2.83. The summed E-state index contributed by atoms with van der Waals surface area (Å²) in [5.41, 5.74) is 0. The Labute approximate surface area is 97.0 Å². The summed E-state index contributed by atoms with van der Waals surface area (Å²) in [6, 6.07) is 0.756. The second-order valence-electron chi connectivity index (χ2n) is 4.80. The number of aryl methyl sites for hydroxylation is 1. The Balaban J connectivity index is 1.89. The van der Waals surface area contributed by atoms with Gasteiger partial charge in [-0.1, -0.05) is 0 Å². The quantitative estimate of drug-likeness (QED) is 0.847. The van der Waals surface area contributed by atoms with E-state index in [4.69, 9.17) is 4.42 Å². The van der Waals surface area contributed by atoms with Crippen LogP contribution in [-0.4, -0.2) is 36.1 Å². The van der Waals surface area contributed by atoms with E-state index >= 15 is 0 Å². The van der Waals surface area contributed by atoms with Gasteiger partial charge in [-0.3, -0.25) is 0 Å². The first-order valence-corrected chi connectivity index (χ1v) is 6.02. The molecule has 1 aromatic rings. The number of hydrogen-bond acceptors (Lipinski definition) is 4. The summed E-state index contributed by atoms with van der Waals surface area (Å²) >= 11 is 0. The van der Waals surface area contributed by atoms with Crippen molar-refractivity contribution in [3.8, 4) is 0 Å². The summed E-state index contributed by atoms with van der Waals surface area (Å²) < 4.78 is 5.53. The predicted molar refractivity (Wildman–Crippen MR) is 63.3 cm³/mol. The van der Waals surface area contributed by atoms with E-state index in [1.54, 1.807) is 6.20 Å². The Kier molecular flexibility index (Phi) is 3.61. The molecule has 1 fully saturated rings. The maximum Gasteiger partial charge on any atom is 0.211 e. The van der Waals surface area contributed by atoms with E-state index < -0.39 is 0 Å². The van der Waals surface area contributed by atoms with Crippen molar-refractivity contribution in [2.45, 2.75) is 38.8 Å². The molecule has 0 saturated carbocycles. The van der Waals surface area contributed by atoms with Gasteiger partial charge < -0.3 is 14.6 Å². The number of hydrogen-bond donors (Lipinski definition) is 1. The third-order valence-electron chi connectivity index (χ3n) is 3.12. The second-order valence-corrected chi connectivity index (χ2v) is 4.80. The molecule has 0 amide bonds. The second kappa shape index (κ2) is 4.97. The summed E-state index contributed by atoms with van der Waals surface area (Å²) in [5.74, 6) is 1.68. The lowest BCUT2D eigenvalue weighted by Gasteiger charge is -2.31. The number of rotatable bonds is 3. The molecule has 2 heterocycles. The van der Waals surface area contributed by atoms with Crippen LogP contribution in [0, 0.1) is 6.92 Å². The molecule has 2 atom stereocenters. The molecule has 0 aliphatic carbocycles. The number of oxazole rings is 1. The fourth-order valence-corrected chi connectivity index (χ4v) is 2.30. The van der Waals surface area contributed by atoms with Gasteiger partial charge in [0.15, 0.2) is 0 Å². The lowest BCUT2D eigenvalue weighted by Crippen LogP contribution is -2.44. The Bertz CT molecular complexity index is 337. The van der Waals surface area contributed by atoms with Gasteiger partial charge >= 0.3 is 0 Å². The zero-order chi connectivity index (χ0) is 11.5. The largest absolute Gasteiger partial charge is 0.444 e. The Morgan fingerprint density at radius 2 is 2.44 bits per heavy atom. The highest BCUT2D eigenvalue weighted by molar-refractivity contribution is 4.96. The number of nitrogens with zero attached hydrogens (tertiary/aromatic N) is 2. The van der Waals surface area contributed by atoms with E-state index in [9.17, 15) is 0 Å². The highest BCUT2D eigenvalue weighted by atomic mass is 16.4. The predicted octanol–water partition coefficient (Wildman–Crippen LogP) is 1.73. The SMILES string of the molecule is Cc1cnc(C(C)NC2CCCN(C)C2)o1. The first kappa shape index (κ1) is 11.6. The molecule has 0 bridgehead atoms. The molecule has 2 rings (SSSR count). The van der Waals surface area contributed by atoms with Crippen molar-refractivity contribution < 1.29 is 4.42 Å². The molecule has 1 aliphatic heterocycles. The molecule has 0 spiro atoms. The molecule has 4 nitrogen and oxygen atoms in total. The van der Waals surface area contributed by atoms with Gasteiger partial charge in [-0.15, -0.1) is 0 Å². The molecule has 90 valence electrons. The zero-order valence-corrected chi connectivity index (χ0v) is 10.4. The van der Waals surface area contributed by atoms with E-state index in [0.29, 0.717) is 6.04 Å². The maximum absolute atomic E-state index is 5.53. The highest BCUT2D eigenvalue weighted by Crippen LogP contribution is 2.16. The Hall–Kier alpha value is -0.870. The smallest absolute Gasteiger partial charge is 0.211 e. The first-order chi connectivity index (χ1) is 7.65. The van der Waals surface area contributed by atoms with Crippen molar-refractivity contribution in [3.05, 3.63) is 17.8 Å². The van der Waals surface area contributed by atoms with Crippen molar-refractivity contribution in [1.29, 1.82) is 0 Å².